The number of sulfonamides is 1. The summed E-state index contributed by atoms with van der Waals surface area (Å²) in [5.74, 6) is 1.22. The Morgan fingerprint density at radius 3 is 2.43 bits per heavy atom. The number of ether oxygens (including phenoxy) is 2. The summed E-state index contributed by atoms with van der Waals surface area (Å²) in [7, 11) is -3.59. The molecule has 0 saturated carbocycles. The number of piperazine rings is 1. The Bertz CT molecular complexity index is 820. The zero-order valence-electron chi connectivity index (χ0n) is 17.9. The van der Waals surface area contributed by atoms with E-state index in [0.717, 1.165) is 39.0 Å². The molecular weight excluding hydrogens is 406 g/mol. The Kier molecular flexibility index (Phi) is 7.96. The molecule has 0 bridgehead atoms. The highest BCUT2D eigenvalue weighted by Crippen LogP contribution is 2.32. The van der Waals surface area contributed by atoms with Gasteiger partial charge in [0.25, 0.3) is 0 Å². The van der Waals surface area contributed by atoms with Gasteiger partial charge in [0.15, 0.2) is 11.5 Å². The van der Waals surface area contributed by atoms with E-state index in [0.29, 0.717) is 50.1 Å². The highest BCUT2D eigenvalue weighted by atomic mass is 32.2. The van der Waals surface area contributed by atoms with E-state index in [1.165, 1.54) is 12.1 Å². The van der Waals surface area contributed by atoms with Crippen LogP contribution in [0.25, 0.3) is 0 Å². The van der Waals surface area contributed by atoms with E-state index in [1.807, 2.05) is 4.90 Å². The standard InChI is InChI=1S/C21H33N3O5S/c1-17(2)23-10-12-24(13-11-23)21(25)6-4-3-5-9-22-30(26,27)18-7-8-19-20(16-18)29-15-14-28-19/h7-8,16-17,22H,3-6,9-15H2,1-2H3. The second kappa shape index (κ2) is 10.5. The van der Waals surface area contributed by atoms with Gasteiger partial charge in [-0.25, -0.2) is 13.1 Å². The molecule has 1 aromatic carbocycles. The normalized spacial score (nSPS) is 17.4. The van der Waals surface area contributed by atoms with Gasteiger partial charge in [-0.2, -0.15) is 0 Å². The summed E-state index contributed by atoms with van der Waals surface area (Å²) in [6.45, 7) is 9.05. The Hall–Kier alpha value is -1.84. The predicted molar refractivity (Wildman–Crippen MR) is 114 cm³/mol. The second-order valence-electron chi connectivity index (χ2n) is 8.02. The lowest BCUT2D eigenvalue weighted by atomic mass is 10.1. The number of unbranched alkanes of at least 4 members (excludes halogenated alkanes) is 2. The van der Waals surface area contributed by atoms with Crippen LogP contribution in [-0.2, 0) is 14.8 Å². The zero-order chi connectivity index (χ0) is 21.6. The monoisotopic (exact) mass is 439 g/mol. The van der Waals surface area contributed by atoms with Crippen LogP contribution < -0.4 is 14.2 Å². The number of carbonyl (C=O) groups excluding carboxylic acids is 1. The number of benzene rings is 1. The third kappa shape index (κ3) is 6.09. The molecule has 0 radical (unpaired) electrons. The number of carbonyl (C=O) groups is 1. The molecule has 0 spiro atoms. The summed E-state index contributed by atoms with van der Waals surface area (Å²) in [5.41, 5.74) is 0. The summed E-state index contributed by atoms with van der Waals surface area (Å²) < 4.78 is 38.4. The predicted octanol–water partition coefficient (Wildman–Crippen LogP) is 1.85. The summed E-state index contributed by atoms with van der Waals surface area (Å²) in [6.07, 6.45) is 2.80. The number of nitrogens with one attached hydrogen (secondary N) is 1. The Morgan fingerprint density at radius 1 is 1.03 bits per heavy atom. The first-order valence-corrected chi connectivity index (χ1v) is 12.3. The van der Waals surface area contributed by atoms with E-state index >= 15 is 0 Å². The molecule has 8 nitrogen and oxygen atoms in total. The molecule has 168 valence electrons. The Labute approximate surface area is 179 Å². The van der Waals surface area contributed by atoms with Gasteiger partial charge >= 0.3 is 0 Å². The minimum Gasteiger partial charge on any atom is -0.486 e. The molecular formula is C21H33N3O5S. The fourth-order valence-electron chi connectivity index (χ4n) is 3.70. The molecule has 30 heavy (non-hydrogen) atoms. The molecule has 0 aliphatic carbocycles. The maximum Gasteiger partial charge on any atom is 0.240 e. The van der Waals surface area contributed by atoms with Crippen molar-refractivity contribution in [2.45, 2.75) is 50.5 Å². The van der Waals surface area contributed by atoms with Crippen LogP contribution in [0.5, 0.6) is 11.5 Å². The van der Waals surface area contributed by atoms with Crippen molar-refractivity contribution in [1.82, 2.24) is 14.5 Å². The lowest BCUT2D eigenvalue weighted by Crippen LogP contribution is -2.50. The van der Waals surface area contributed by atoms with Crippen molar-refractivity contribution >= 4 is 15.9 Å². The molecule has 0 unspecified atom stereocenters. The number of hydrogen-bond acceptors (Lipinski definition) is 6. The first-order chi connectivity index (χ1) is 14.4. The summed E-state index contributed by atoms with van der Waals surface area (Å²) in [6, 6.07) is 5.16. The number of nitrogens with zero attached hydrogens (tertiary/aromatic N) is 2. The summed E-state index contributed by atoms with van der Waals surface area (Å²) in [5, 5.41) is 0. The Morgan fingerprint density at radius 2 is 1.73 bits per heavy atom. The fraction of sp³-hybridized carbons (Fsp3) is 0.667. The van der Waals surface area contributed by atoms with Crippen molar-refractivity contribution in [1.29, 1.82) is 0 Å². The van der Waals surface area contributed by atoms with E-state index in [2.05, 4.69) is 23.5 Å². The third-order valence-electron chi connectivity index (χ3n) is 5.58. The van der Waals surface area contributed by atoms with E-state index in [4.69, 9.17) is 9.47 Å². The van der Waals surface area contributed by atoms with E-state index < -0.39 is 10.0 Å². The first-order valence-electron chi connectivity index (χ1n) is 10.8. The SMILES string of the molecule is CC(C)N1CCN(C(=O)CCCCCNS(=O)(=O)c2ccc3c(c2)OCCO3)CC1. The molecule has 1 saturated heterocycles. The van der Waals surface area contributed by atoms with Gasteiger partial charge in [-0.3, -0.25) is 9.69 Å². The number of amides is 1. The minimum atomic E-state index is -3.59. The lowest BCUT2D eigenvalue weighted by molar-refractivity contribution is -0.133. The van der Waals surface area contributed by atoms with Crippen LogP contribution in [0.3, 0.4) is 0 Å². The molecule has 3 rings (SSSR count). The van der Waals surface area contributed by atoms with Crippen molar-refractivity contribution < 1.29 is 22.7 Å². The summed E-state index contributed by atoms with van der Waals surface area (Å²) >= 11 is 0. The molecule has 9 heteroatoms. The van der Waals surface area contributed by atoms with Crippen LogP contribution in [0.15, 0.2) is 23.1 Å². The second-order valence-corrected chi connectivity index (χ2v) is 9.79. The van der Waals surface area contributed by atoms with Crippen LogP contribution in [0.1, 0.15) is 39.5 Å². The molecule has 1 N–H and O–H groups in total. The van der Waals surface area contributed by atoms with Gasteiger partial charge in [-0.15, -0.1) is 0 Å². The lowest BCUT2D eigenvalue weighted by Gasteiger charge is -2.37. The van der Waals surface area contributed by atoms with Gasteiger partial charge < -0.3 is 14.4 Å². The van der Waals surface area contributed by atoms with Crippen LogP contribution in [0.2, 0.25) is 0 Å². The van der Waals surface area contributed by atoms with Gasteiger partial charge in [-0.1, -0.05) is 6.42 Å². The number of hydrogen-bond donors (Lipinski definition) is 1. The van der Waals surface area contributed by atoms with Gasteiger partial charge in [-0.05, 0) is 38.8 Å². The van der Waals surface area contributed by atoms with Crippen molar-refractivity contribution in [2.24, 2.45) is 0 Å². The maximum atomic E-state index is 12.5. The van der Waals surface area contributed by atoms with Crippen molar-refractivity contribution in [3.8, 4) is 11.5 Å². The zero-order valence-corrected chi connectivity index (χ0v) is 18.7. The van der Waals surface area contributed by atoms with Crippen molar-refractivity contribution in [2.75, 3.05) is 45.9 Å². The van der Waals surface area contributed by atoms with Gasteiger partial charge in [0, 0.05) is 51.3 Å². The molecule has 1 aromatic rings. The third-order valence-corrected chi connectivity index (χ3v) is 7.04. The van der Waals surface area contributed by atoms with Crippen LogP contribution >= 0.6 is 0 Å². The summed E-state index contributed by atoms with van der Waals surface area (Å²) in [4.78, 5) is 16.8. The van der Waals surface area contributed by atoms with Crippen molar-refractivity contribution in [3.63, 3.8) is 0 Å². The quantitative estimate of drug-likeness (QED) is 0.591. The molecule has 1 amide bonds. The van der Waals surface area contributed by atoms with Gasteiger partial charge in [0.1, 0.15) is 13.2 Å². The van der Waals surface area contributed by atoms with E-state index in [-0.39, 0.29) is 10.8 Å². The maximum absolute atomic E-state index is 12.5. The average Bonchev–Trinajstić information content (AvgIpc) is 2.75. The molecule has 2 aliphatic heterocycles. The molecule has 2 heterocycles. The first kappa shape index (κ1) is 22.8. The molecule has 2 aliphatic rings. The van der Waals surface area contributed by atoms with Gasteiger partial charge in [0.05, 0.1) is 4.90 Å². The number of fused-ring (bicyclic) bond motifs is 1. The molecule has 0 atom stereocenters. The molecule has 1 fully saturated rings. The minimum absolute atomic E-state index is 0.169. The smallest absolute Gasteiger partial charge is 0.240 e. The topological polar surface area (TPSA) is 88.2 Å². The highest BCUT2D eigenvalue weighted by molar-refractivity contribution is 7.89. The van der Waals surface area contributed by atoms with E-state index in [9.17, 15) is 13.2 Å². The average molecular weight is 440 g/mol. The van der Waals surface area contributed by atoms with E-state index in [1.54, 1.807) is 6.07 Å². The fourth-order valence-corrected chi connectivity index (χ4v) is 4.79. The van der Waals surface area contributed by atoms with Crippen LogP contribution in [0.4, 0.5) is 0 Å². The van der Waals surface area contributed by atoms with Gasteiger partial charge in [0.2, 0.25) is 15.9 Å². The van der Waals surface area contributed by atoms with Crippen LogP contribution in [-0.4, -0.2) is 76.1 Å². The van der Waals surface area contributed by atoms with Crippen molar-refractivity contribution in [3.05, 3.63) is 18.2 Å². The highest BCUT2D eigenvalue weighted by Gasteiger charge is 2.22. The molecule has 0 aromatic heterocycles. The largest absolute Gasteiger partial charge is 0.486 e. The Balaban J connectivity index is 1.33. The van der Waals surface area contributed by atoms with Crippen LogP contribution in [0, 0.1) is 0 Å². The number of rotatable bonds is 9.